The number of aryl methyl sites for hydroxylation is 1. The van der Waals surface area contributed by atoms with Crippen LogP contribution in [0.1, 0.15) is 17.7 Å². The first-order valence-electron chi connectivity index (χ1n) is 5.90. The SMILES string of the molecule is COC1CCc2c(C)c3ccccc3n2C1. The fourth-order valence-corrected chi connectivity index (χ4v) is 2.85. The summed E-state index contributed by atoms with van der Waals surface area (Å²) in [6.07, 6.45) is 2.66. The summed E-state index contributed by atoms with van der Waals surface area (Å²) in [6.45, 7) is 3.24. The van der Waals surface area contributed by atoms with Crippen molar-refractivity contribution in [1.82, 2.24) is 4.57 Å². The van der Waals surface area contributed by atoms with Crippen LogP contribution in [0.3, 0.4) is 0 Å². The Hall–Kier alpha value is -1.28. The maximum atomic E-state index is 5.49. The minimum atomic E-state index is 0.378. The van der Waals surface area contributed by atoms with Crippen LogP contribution in [-0.4, -0.2) is 17.8 Å². The largest absolute Gasteiger partial charge is 0.380 e. The first-order valence-corrected chi connectivity index (χ1v) is 5.90. The summed E-state index contributed by atoms with van der Waals surface area (Å²) < 4.78 is 7.92. The fraction of sp³-hybridized carbons (Fsp3) is 0.429. The Bertz CT molecular complexity index is 527. The van der Waals surface area contributed by atoms with Crippen LogP contribution in [0.4, 0.5) is 0 Å². The molecule has 0 bridgehead atoms. The Morgan fingerprint density at radius 1 is 1.31 bits per heavy atom. The van der Waals surface area contributed by atoms with Gasteiger partial charge < -0.3 is 9.30 Å². The van der Waals surface area contributed by atoms with Gasteiger partial charge in [0, 0.05) is 30.3 Å². The van der Waals surface area contributed by atoms with Crippen LogP contribution in [0, 0.1) is 6.92 Å². The molecular weight excluding hydrogens is 198 g/mol. The average molecular weight is 215 g/mol. The number of aromatic nitrogens is 1. The van der Waals surface area contributed by atoms with Gasteiger partial charge in [-0.05, 0) is 31.4 Å². The number of fused-ring (bicyclic) bond motifs is 3. The average Bonchev–Trinajstić information content (AvgIpc) is 2.64. The third-order valence-electron chi connectivity index (χ3n) is 3.78. The minimum Gasteiger partial charge on any atom is -0.380 e. The normalized spacial score (nSPS) is 20.0. The van der Waals surface area contributed by atoms with E-state index < -0.39 is 0 Å². The first-order chi connectivity index (χ1) is 7.81. The van der Waals surface area contributed by atoms with Gasteiger partial charge in [-0.1, -0.05) is 18.2 Å². The Labute approximate surface area is 95.8 Å². The Morgan fingerprint density at radius 2 is 2.12 bits per heavy atom. The van der Waals surface area contributed by atoms with E-state index >= 15 is 0 Å². The molecule has 0 fully saturated rings. The van der Waals surface area contributed by atoms with Crippen LogP contribution < -0.4 is 0 Å². The van der Waals surface area contributed by atoms with Crippen LogP contribution in [0.2, 0.25) is 0 Å². The summed E-state index contributed by atoms with van der Waals surface area (Å²) in [5.41, 5.74) is 4.30. The number of hydrogen-bond donors (Lipinski definition) is 0. The van der Waals surface area contributed by atoms with E-state index in [0.29, 0.717) is 6.10 Å². The monoisotopic (exact) mass is 215 g/mol. The lowest BCUT2D eigenvalue weighted by Crippen LogP contribution is -2.26. The fourth-order valence-electron chi connectivity index (χ4n) is 2.85. The van der Waals surface area contributed by atoms with Crippen molar-refractivity contribution in [2.45, 2.75) is 32.4 Å². The van der Waals surface area contributed by atoms with Gasteiger partial charge in [-0.15, -0.1) is 0 Å². The predicted octanol–water partition coefficient (Wildman–Crippen LogP) is 2.91. The molecule has 84 valence electrons. The van der Waals surface area contributed by atoms with Crippen molar-refractivity contribution in [3.63, 3.8) is 0 Å². The molecule has 16 heavy (non-hydrogen) atoms. The molecule has 0 N–H and O–H groups in total. The molecule has 0 radical (unpaired) electrons. The van der Waals surface area contributed by atoms with Gasteiger partial charge >= 0.3 is 0 Å². The molecular formula is C14H17NO. The quantitative estimate of drug-likeness (QED) is 0.713. The van der Waals surface area contributed by atoms with Gasteiger partial charge in [0.25, 0.3) is 0 Å². The highest BCUT2D eigenvalue weighted by Crippen LogP contribution is 2.30. The minimum absolute atomic E-state index is 0.378. The molecule has 1 aliphatic rings. The van der Waals surface area contributed by atoms with Gasteiger partial charge in [0.1, 0.15) is 0 Å². The van der Waals surface area contributed by atoms with Gasteiger partial charge in [-0.25, -0.2) is 0 Å². The first kappa shape index (κ1) is 9.91. The molecule has 2 heteroatoms. The van der Waals surface area contributed by atoms with Gasteiger partial charge in [-0.3, -0.25) is 0 Å². The molecule has 2 nitrogen and oxygen atoms in total. The lowest BCUT2D eigenvalue weighted by Gasteiger charge is -2.24. The van der Waals surface area contributed by atoms with Crippen LogP contribution in [-0.2, 0) is 17.7 Å². The van der Waals surface area contributed by atoms with Crippen molar-refractivity contribution in [2.24, 2.45) is 0 Å². The number of ether oxygens (including phenoxy) is 1. The van der Waals surface area contributed by atoms with Crippen molar-refractivity contribution in [3.05, 3.63) is 35.5 Å². The van der Waals surface area contributed by atoms with Crippen molar-refractivity contribution in [2.75, 3.05) is 7.11 Å². The number of para-hydroxylation sites is 1. The Kier molecular flexibility index (Phi) is 2.25. The molecule has 0 saturated carbocycles. The third kappa shape index (κ3) is 1.30. The second-order valence-electron chi connectivity index (χ2n) is 4.60. The van der Waals surface area contributed by atoms with Crippen LogP contribution >= 0.6 is 0 Å². The molecule has 0 saturated heterocycles. The van der Waals surface area contributed by atoms with Crippen LogP contribution in [0.25, 0.3) is 10.9 Å². The van der Waals surface area contributed by atoms with E-state index in [-0.39, 0.29) is 0 Å². The van der Waals surface area contributed by atoms with Gasteiger partial charge in [-0.2, -0.15) is 0 Å². The molecule has 1 aromatic heterocycles. The van der Waals surface area contributed by atoms with Gasteiger partial charge in [0.05, 0.1) is 6.10 Å². The van der Waals surface area contributed by atoms with Crippen molar-refractivity contribution < 1.29 is 4.74 Å². The molecule has 3 rings (SSSR count). The highest BCUT2D eigenvalue weighted by molar-refractivity contribution is 5.85. The summed E-state index contributed by atoms with van der Waals surface area (Å²) >= 11 is 0. The van der Waals surface area contributed by atoms with E-state index in [1.807, 2.05) is 7.11 Å². The maximum Gasteiger partial charge on any atom is 0.0754 e. The Balaban J connectivity index is 2.21. The van der Waals surface area contributed by atoms with Crippen molar-refractivity contribution >= 4 is 10.9 Å². The third-order valence-corrected chi connectivity index (χ3v) is 3.78. The zero-order chi connectivity index (χ0) is 11.1. The van der Waals surface area contributed by atoms with Crippen molar-refractivity contribution in [1.29, 1.82) is 0 Å². The molecule has 2 heterocycles. The number of hydrogen-bond acceptors (Lipinski definition) is 1. The molecule has 0 amide bonds. The number of methoxy groups -OCH3 is 1. The zero-order valence-corrected chi connectivity index (χ0v) is 9.86. The second kappa shape index (κ2) is 3.63. The topological polar surface area (TPSA) is 14.2 Å². The lowest BCUT2D eigenvalue weighted by molar-refractivity contribution is 0.0724. The maximum absolute atomic E-state index is 5.49. The van der Waals surface area contributed by atoms with Crippen LogP contribution in [0.15, 0.2) is 24.3 Å². The summed E-state index contributed by atoms with van der Waals surface area (Å²) in [4.78, 5) is 0. The smallest absolute Gasteiger partial charge is 0.0754 e. The van der Waals surface area contributed by atoms with Crippen molar-refractivity contribution in [3.8, 4) is 0 Å². The molecule has 0 aliphatic carbocycles. The second-order valence-corrected chi connectivity index (χ2v) is 4.60. The number of benzene rings is 1. The number of rotatable bonds is 1. The molecule has 1 aromatic carbocycles. The summed E-state index contributed by atoms with van der Waals surface area (Å²) in [7, 11) is 1.81. The molecule has 1 aliphatic heterocycles. The highest BCUT2D eigenvalue weighted by atomic mass is 16.5. The molecule has 2 aromatic rings. The van der Waals surface area contributed by atoms with Crippen LogP contribution in [0.5, 0.6) is 0 Å². The Morgan fingerprint density at radius 3 is 2.94 bits per heavy atom. The van der Waals surface area contributed by atoms with E-state index in [1.54, 1.807) is 0 Å². The lowest BCUT2D eigenvalue weighted by atomic mass is 10.0. The summed E-state index contributed by atoms with van der Waals surface area (Å²) in [5.74, 6) is 0. The zero-order valence-electron chi connectivity index (χ0n) is 9.86. The summed E-state index contributed by atoms with van der Waals surface area (Å²) in [6, 6.07) is 8.67. The summed E-state index contributed by atoms with van der Waals surface area (Å²) in [5, 5.41) is 1.40. The number of nitrogens with zero attached hydrogens (tertiary/aromatic N) is 1. The molecule has 1 atom stereocenters. The van der Waals surface area contributed by atoms with E-state index in [0.717, 1.165) is 19.4 Å². The standard InChI is InChI=1S/C14H17NO/c1-10-12-5-3-4-6-14(12)15-9-11(16-2)7-8-13(10)15/h3-6,11H,7-9H2,1-2H3. The van der Waals surface area contributed by atoms with E-state index in [4.69, 9.17) is 4.74 Å². The predicted molar refractivity (Wildman–Crippen MR) is 65.8 cm³/mol. The van der Waals surface area contributed by atoms with E-state index in [1.165, 1.54) is 22.2 Å². The van der Waals surface area contributed by atoms with E-state index in [2.05, 4.69) is 35.8 Å². The molecule has 1 unspecified atom stereocenters. The molecule has 0 spiro atoms. The van der Waals surface area contributed by atoms with Gasteiger partial charge in [0.2, 0.25) is 0 Å². The van der Waals surface area contributed by atoms with Gasteiger partial charge in [0.15, 0.2) is 0 Å². The highest BCUT2D eigenvalue weighted by Gasteiger charge is 2.22. The van der Waals surface area contributed by atoms with E-state index in [9.17, 15) is 0 Å².